The summed E-state index contributed by atoms with van der Waals surface area (Å²) in [6.45, 7) is 0. The Kier molecular flexibility index (Phi) is 3.80. The van der Waals surface area contributed by atoms with Gasteiger partial charge in [-0.1, -0.05) is 36.4 Å². The minimum atomic E-state index is -0.982. The van der Waals surface area contributed by atoms with Gasteiger partial charge in [0.25, 0.3) is 0 Å². The van der Waals surface area contributed by atoms with Gasteiger partial charge in [-0.25, -0.2) is 4.79 Å². The Bertz CT molecular complexity index is 854. The van der Waals surface area contributed by atoms with Gasteiger partial charge >= 0.3 is 5.97 Å². The first-order valence-corrected chi connectivity index (χ1v) is 6.78. The molecule has 0 amide bonds. The lowest BCUT2D eigenvalue weighted by molar-refractivity contribution is 0.0404. The second kappa shape index (κ2) is 6.06. The predicted octanol–water partition coefficient (Wildman–Crippen LogP) is 3.66. The average Bonchev–Trinajstić information content (AvgIpc) is 2.59. The van der Waals surface area contributed by atoms with E-state index < -0.39 is 12.1 Å². The monoisotopic (exact) mass is 288 g/mol. The molecule has 0 aliphatic heterocycles. The van der Waals surface area contributed by atoms with Gasteiger partial charge in [-0.15, -0.1) is 0 Å². The number of carbonyl (C=O) groups is 1. The van der Waals surface area contributed by atoms with Crippen LogP contribution in [-0.4, -0.2) is 11.0 Å². The maximum absolute atomic E-state index is 12.1. The number of rotatable bonds is 3. The van der Waals surface area contributed by atoms with Crippen molar-refractivity contribution in [3.8, 4) is 6.07 Å². The molecule has 0 spiro atoms. The highest BCUT2D eigenvalue weighted by Gasteiger charge is 2.18. The minimum absolute atomic E-state index is 0.413. The molecule has 106 valence electrons. The van der Waals surface area contributed by atoms with Crippen LogP contribution in [0, 0.1) is 11.3 Å². The molecule has 1 aromatic heterocycles. The third kappa shape index (κ3) is 2.79. The topological polar surface area (TPSA) is 63.0 Å². The van der Waals surface area contributed by atoms with E-state index in [9.17, 15) is 10.1 Å². The fraction of sp³-hybridized carbons (Fsp3) is 0.0556. The standard InChI is InChI=1S/C18H12N2O2/c19-11-17(22-18(21)13-6-2-1-3-7-13)15-10-14-8-4-5-9-16(14)20-12-15/h1-10,12,17H. The lowest BCUT2D eigenvalue weighted by atomic mass is 10.1. The Morgan fingerprint density at radius 1 is 1.09 bits per heavy atom. The molecule has 1 heterocycles. The summed E-state index contributed by atoms with van der Waals surface area (Å²) in [4.78, 5) is 16.3. The van der Waals surface area contributed by atoms with Gasteiger partial charge < -0.3 is 4.74 Å². The Labute approximate surface area is 127 Å². The molecule has 0 saturated carbocycles. The largest absolute Gasteiger partial charge is 0.438 e. The molecule has 0 saturated heterocycles. The van der Waals surface area contributed by atoms with Crippen LogP contribution in [0.3, 0.4) is 0 Å². The molecule has 3 aromatic rings. The molecule has 1 atom stereocenters. The van der Waals surface area contributed by atoms with Gasteiger partial charge in [-0.2, -0.15) is 5.26 Å². The predicted molar refractivity (Wildman–Crippen MR) is 82.0 cm³/mol. The first kappa shape index (κ1) is 13.8. The van der Waals surface area contributed by atoms with Crippen molar-refractivity contribution in [1.82, 2.24) is 4.98 Å². The molecule has 0 fully saturated rings. The number of pyridine rings is 1. The van der Waals surface area contributed by atoms with Crippen LogP contribution >= 0.6 is 0 Å². The van der Waals surface area contributed by atoms with Crippen LogP contribution in [0.1, 0.15) is 22.0 Å². The number of carbonyl (C=O) groups excluding carboxylic acids is 1. The fourth-order valence-electron chi connectivity index (χ4n) is 2.15. The first-order valence-electron chi connectivity index (χ1n) is 6.78. The number of hydrogen-bond acceptors (Lipinski definition) is 4. The van der Waals surface area contributed by atoms with Crippen LogP contribution in [0.25, 0.3) is 10.9 Å². The van der Waals surface area contributed by atoms with Crippen molar-refractivity contribution in [3.63, 3.8) is 0 Å². The van der Waals surface area contributed by atoms with Crippen molar-refractivity contribution in [2.75, 3.05) is 0 Å². The van der Waals surface area contributed by atoms with Gasteiger partial charge in [0.2, 0.25) is 6.10 Å². The summed E-state index contributed by atoms with van der Waals surface area (Å²) in [5.41, 5.74) is 1.80. The van der Waals surface area contributed by atoms with Gasteiger partial charge in [0, 0.05) is 17.1 Å². The average molecular weight is 288 g/mol. The molecule has 2 aromatic carbocycles. The Morgan fingerprint density at radius 3 is 2.59 bits per heavy atom. The Morgan fingerprint density at radius 2 is 1.82 bits per heavy atom. The Hall–Kier alpha value is -3.19. The molecule has 1 unspecified atom stereocenters. The van der Waals surface area contributed by atoms with E-state index in [2.05, 4.69) is 4.98 Å². The quantitative estimate of drug-likeness (QED) is 0.690. The summed E-state index contributed by atoms with van der Waals surface area (Å²) < 4.78 is 5.28. The highest BCUT2D eigenvalue weighted by Crippen LogP contribution is 2.21. The number of nitriles is 1. The SMILES string of the molecule is N#CC(OC(=O)c1ccccc1)c1cnc2ccccc2c1. The van der Waals surface area contributed by atoms with Crippen LogP contribution in [0.2, 0.25) is 0 Å². The number of ether oxygens (including phenoxy) is 1. The van der Waals surface area contributed by atoms with E-state index in [1.807, 2.05) is 42.5 Å². The van der Waals surface area contributed by atoms with Crippen LogP contribution in [0.15, 0.2) is 66.9 Å². The number of para-hydroxylation sites is 1. The van der Waals surface area contributed by atoms with E-state index in [0.29, 0.717) is 11.1 Å². The summed E-state index contributed by atoms with van der Waals surface area (Å²) in [6, 6.07) is 20.0. The van der Waals surface area contributed by atoms with Crippen LogP contribution in [0.4, 0.5) is 0 Å². The molecule has 0 bridgehead atoms. The van der Waals surface area contributed by atoms with Gasteiger partial charge in [0.05, 0.1) is 11.1 Å². The van der Waals surface area contributed by atoms with Crippen molar-refractivity contribution in [2.45, 2.75) is 6.10 Å². The van der Waals surface area contributed by atoms with Crippen molar-refractivity contribution in [1.29, 1.82) is 5.26 Å². The number of fused-ring (bicyclic) bond motifs is 1. The molecular formula is C18H12N2O2. The van der Waals surface area contributed by atoms with Crippen LogP contribution < -0.4 is 0 Å². The number of hydrogen-bond donors (Lipinski definition) is 0. The number of aromatic nitrogens is 1. The summed E-state index contributed by atoms with van der Waals surface area (Å²) >= 11 is 0. The smallest absolute Gasteiger partial charge is 0.339 e. The van der Waals surface area contributed by atoms with E-state index in [0.717, 1.165) is 10.9 Å². The number of esters is 1. The van der Waals surface area contributed by atoms with E-state index in [4.69, 9.17) is 4.74 Å². The second-order valence-electron chi connectivity index (χ2n) is 4.74. The maximum Gasteiger partial charge on any atom is 0.339 e. The minimum Gasteiger partial charge on any atom is -0.438 e. The van der Waals surface area contributed by atoms with Gasteiger partial charge in [0.1, 0.15) is 6.07 Å². The molecule has 0 radical (unpaired) electrons. The normalized spacial score (nSPS) is 11.6. The highest BCUT2D eigenvalue weighted by molar-refractivity contribution is 5.89. The zero-order valence-electron chi connectivity index (χ0n) is 11.6. The first-order chi connectivity index (χ1) is 10.8. The number of nitrogens with zero attached hydrogens (tertiary/aromatic N) is 2. The summed E-state index contributed by atoms with van der Waals surface area (Å²) in [5.74, 6) is -0.527. The summed E-state index contributed by atoms with van der Waals surface area (Å²) in [6.07, 6.45) is 0.582. The van der Waals surface area contributed by atoms with Crippen LogP contribution in [0.5, 0.6) is 0 Å². The maximum atomic E-state index is 12.1. The van der Waals surface area contributed by atoms with Gasteiger partial charge in [-0.3, -0.25) is 4.98 Å². The summed E-state index contributed by atoms with van der Waals surface area (Å²) in [5, 5.41) is 10.2. The zero-order valence-corrected chi connectivity index (χ0v) is 11.6. The van der Waals surface area contributed by atoms with Crippen molar-refractivity contribution < 1.29 is 9.53 Å². The third-order valence-electron chi connectivity index (χ3n) is 3.27. The Balaban J connectivity index is 1.87. The molecule has 0 N–H and O–H groups in total. The molecule has 0 aliphatic rings. The van der Waals surface area contributed by atoms with E-state index in [-0.39, 0.29) is 0 Å². The lowest BCUT2D eigenvalue weighted by Crippen LogP contribution is -2.10. The van der Waals surface area contributed by atoms with E-state index >= 15 is 0 Å². The molecule has 3 rings (SSSR count). The molecule has 22 heavy (non-hydrogen) atoms. The summed E-state index contributed by atoms with van der Waals surface area (Å²) in [7, 11) is 0. The van der Waals surface area contributed by atoms with E-state index in [1.54, 1.807) is 30.5 Å². The molecule has 0 aliphatic carbocycles. The van der Waals surface area contributed by atoms with Gasteiger partial charge in [0.15, 0.2) is 0 Å². The van der Waals surface area contributed by atoms with Crippen LogP contribution in [-0.2, 0) is 4.74 Å². The molecule has 4 heteroatoms. The van der Waals surface area contributed by atoms with Crippen molar-refractivity contribution in [2.24, 2.45) is 0 Å². The highest BCUT2D eigenvalue weighted by atomic mass is 16.5. The number of benzene rings is 2. The molecule has 4 nitrogen and oxygen atoms in total. The van der Waals surface area contributed by atoms with Gasteiger partial charge in [-0.05, 0) is 24.3 Å². The lowest BCUT2D eigenvalue weighted by Gasteiger charge is -2.11. The van der Waals surface area contributed by atoms with Crippen molar-refractivity contribution >= 4 is 16.9 Å². The van der Waals surface area contributed by atoms with Crippen molar-refractivity contribution in [3.05, 3.63) is 78.0 Å². The third-order valence-corrected chi connectivity index (χ3v) is 3.27. The fourth-order valence-corrected chi connectivity index (χ4v) is 2.15. The zero-order chi connectivity index (χ0) is 15.4. The van der Waals surface area contributed by atoms with E-state index in [1.165, 1.54) is 0 Å². The molecular weight excluding hydrogens is 276 g/mol. The second-order valence-corrected chi connectivity index (χ2v) is 4.74.